The Kier molecular flexibility index (Phi) is 2.93. The predicted molar refractivity (Wildman–Crippen MR) is 36.6 cm³/mol. The van der Waals surface area contributed by atoms with Crippen LogP contribution in [0.5, 0.6) is 0 Å². The molecule has 1 aliphatic rings. The number of nitrogens with one attached hydrogen (secondary N) is 3. The molecule has 0 aromatic carbocycles. The molecule has 54 valence electrons. The number of hydrogen-bond acceptors (Lipinski definition) is 4. The first-order valence-corrected chi connectivity index (χ1v) is 3.20. The third-order valence-corrected chi connectivity index (χ3v) is 1.26. The van der Waals surface area contributed by atoms with Crippen LogP contribution in [-0.2, 0) is 0 Å². The van der Waals surface area contributed by atoms with Crippen molar-refractivity contribution in [1.29, 1.82) is 0 Å². The van der Waals surface area contributed by atoms with Crippen molar-refractivity contribution >= 4 is 0 Å². The van der Waals surface area contributed by atoms with Crippen LogP contribution in [0.2, 0.25) is 0 Å². The normalized spacial score (nSPS) is 25.0. The van der Waals surface area contributed by atoms with Crippen LogP contribution >= 0.6 is 0 Å². The molecule has 1 rings (SSSR count). The van der Waals surface area contributed by atoms with E-state index in [4.69, 9.17) is 0 Å². The average Bonchev–Trinajstić information content (AvgIpc) is 1.79. The minimum atomic E-state index is 0.886. The lowest BCUT2D eigenvalue weighted by Crippen LogP contribution is -2.48. The van der Waals surface area contributed by atoms with E-state index in [-0.39, 0.29) is 0 Å². The van der Waals surface area contributed by atoms with Gasteiger partial charge in [-0.25, -0.2) is 0 Å². The zero-order valence-corrected chi connectivity index (χ0v) is 5.78. The van der Waals surface area contributed by atoms with Gasteiger partial charge in [0, 0.05) is 26.7 Å². The Bertz CT molecular complexity index is 67.4. The first-order chi connectivity index (χ1) is 4.39. The summed E-state index contributed by atoms with van der Waals surface area (Å²) in [5.41, 5.74) is 0. The standard InChI is InChI=1S/C5H14N4/c1-9-4-7-2-6-3-8-5-9/h6-8H,2-5H2,1H3. The second-order valence-corrected chi connectivity index (χ2v) is 2.28. The number of hydrogen-bond donors (Lipinski definition) is 3. The quantitative estimate of drug-likeness (QED) is 0.374. The van der Waals surface area contributed by atoms with Gasteiger partial charge in [-0.2, -0.15) is 0 Å². The Morgan fingerprint density at radius 2 is 1.56 bits per heavy atom. The van der Waals surface area contributed by atoms with Crippen molar-refractivity contribution in [2.75, 3.05) is 33.7 Å². The van der Waals surface area contributed by atoms with Gasteiger partial charge in [-0.05, 0) is 7.05 Å². The minimum absolute atomic E-state index is 0.886. The van der Waals surface area contributed by atoms with Gasteiger partial charge in [-0.15, -0.1) is 0 Å². The molecule has 0 atom stereocenters. The van der Waals surface area contributed by atoms with E-state index >= 15 is 0 Å². The highest BCUT2D eigenvalue weighted by Crippen LogP contribution is 1.74. The van der Waals surface area contributed by atoms with Crippen LogP contribution in [0.3, 0.4) is 0 Å². The van der Waals surface area contributed by atoms with Crippen LogP contribution < -0.4 is 16.0 Å². The first kappa shape index (κ1) is 6.95. The maximum Gasteiger partial charge on any atom is 0.0499 e. The molecule has 0 spiro atoms. The van der Waals surface area contributed by atoms with Gasteiger partial charge in [-0.1, -0.05) is 0 Å². The summed E-state index contributed by atoms with van der Waals surface area (Å²) in [5.74, 6) is 0. The van der Waals surface area contributed by atoms with Crippen LogP contribution in [-0.4, -0.2) is 38.6 Å². The molecule has 3 N–H and O–H groups in total. The van der Waals surface area contributed by atoms with Crippen molar-refractivity contribution in [1.82, 2.24) is 20.9 Å². The molecule has 1 saturated heterocycles. The van der Waals surface area contributed by atoms with Crippen LogP contribution in [0.4, 0.5) is 0 Å². The lowest BCUT2D eigenvalue weighted by atomic mass is 10.7. The Hall–Kier alpha value is -0.160. The summed E-state index contributed by atoms with van der Waals surface area (Å²) in [6.07, 6.45) is 0. The summed E-state index contributed by atoms with van der Waals surface area (Å²) < 4.78 is 0. The van der Waals surface area contributed by atoms with E-state index in [1.165, 1.54) is 0 Å². The molecule has 1 aliphatic heterocycles. The van der Waals surface area contributed by atoms with Gasteiger partial charge < -0.3 is 0 Å². The second-order valence-electron chi connectivity index (χ2n) is 2.28. The van der Waals surface area contributed by atoms with E-state index in [0.717, 1.165) is 26.7 Å². The molecular weight excluding hydrogens is 116 g/mol. The molecule has 0 saturated carbocycles. The molecule has 1 heterocycles. The highest BCUT2D eigenvalue weighted by atomic mass is 15.3. The molecule has 0 bridgehead atoms. The van der Waals surface area contributed by atoms with Crippen LogP contribution in [0.15, 0.2) is 0 Å². The zero-order valence-electron chi connectivity index (χ0n) is 5.78. The third kappa shape index (κ3) is 2.76. The van der Waals surface area contributed by atoms with E-state index < -0.39 is 0 Å². The van der Waals surface area contributed by atoms with E-state index in [2.05, 4.69) is 27.9 Å². The van der Waals surface area contributed by atoms with Crippen molar-refractivity contribution in [3.05, 3.63) is 0 Å². The molecule has 4 heteroatoms. The van der Waals surface area contributed by atoms with Crippen molar-refractivity contribution < 1.29 is 0 Å². The average molecular weight is 130 g/mol. The highest BCUT2D eigenvalue weighted by molar-refractivity contribution is 4.52. The fraction of sp³-hybridized carbons (Fsp3) is 1.00. The Labute approximate surface area is 55.6 Å². The highest BCUT2D eigenvalue weighted by Gasteiger charge is 1.97. The lowest BCUT2D eigenvalue weighted by molar-refractivity contribution is 0.255. The molecule has 9 heavy (non-hydrogen) atoms. The summed E-state index contributed by atoms with van der Waals surface area (Å²) in [6.45, 7) is 3.66. The topological polar surface area (TPSA) is 39.3 Å². The summed E-state index contributed by atoms with van der Waals surface area (Å²) in [4.78, 5) is 2.18. The van der Waals surface area contributed by atoms with E-state index in [1.54, 1.807) is 0 Å². The van der Waals surface area contributed by atoms with Crippen LogP contribution in [0.25, 0.3) is 0 Å². The molecule has 0 amide bonds. The first-order valence-electron chi connectivity index (χ1n) is 3.20. The Balaban J connectivity index is 2.12. The summed E-state index contributed by atoms with van der Waals surface area (Å²) in [5, 5.41) is 9.58. The maximum absolute atomic E-state index is 3.21. The largest absolute Gasteiger partial charge is 0.292 e. The monoisotopic (exact) mass is 130 g/mol. The second kappa shape index (κ2) is 3.79. The van der Waals surface area contributed by atoms with Gasteiger partial charge in [-0.3, -0.25) is 20.9 Å². The number of nitrogens with zero attached hydrogens (tertiary/aromatic N) is 1. The fourth-order valence-corrected chi connectivity index (χ4v) is 0.789. The molecule has 0 unspecified atom stereocenters. The van der Waals surface area contributed by atoms with Gasteiger partial charge in [0.1, 0.15) is 0 Å². The van der Waals surface area contributed by atoms with E-state index in [0.29, 0.717) is 0 Å². The van der Waals surface area contributed by atoms with Crippen molar-refractivity contribution in [2.45, 2.75) is 0 Å². The van der Waals surface area contributed by atoms with Crippen molar-refractivity contribution in [3.8, 4) is 0 Å². The van der Waals surface area contributed by atoms with Crippen LogP contribution in [0, 0.1) is 0 Å². The molecule has 0 aromatic heterocycles. The zero-order chi connectivity index (χ0) is 6.53. The summed E-state index contributed by atoms with van der Waals surface area (Å²) in [7, 11) is 2.07. The molecule has 4 nitrogen and oxygen atoms in total. The molecular formula is C5H14N4. The van der Waals surface area contributed by atoms with Gasteiger partial charge in [0.15, 0.2) is 0 Å². The van der Waals surface area contributed by atoms with Crippen molar-refractivity contribution in [3.63, 3.8) is 0 Å². The van der Waals surface area contributed by atoms with Crippen molar-refractivity contribution in [2.24, 2.45) is 0 Å². The SMILES string of the molecule is CN1CNCNCNC1. The van der Waals surface area contributed by atoms with Gasteiger partial charge in [0.25, 0.3) is 0 Å². The van der Waals surface area contributed by atoms with E-state index in [1.807, 2.05) is 0 Å². The fourth-order valence-electron chi connectivity index (χ4n) is 0.789. The van der Waals surface area contributed by atoms with E-state index in [9.17, 15) is 0 Å². The Morgan fingerprint density at radius 3 is 2.11 bits per heavy atom. The third-order valence-electron chi connectivity index (χ3n) is 1.26. The predicted octanol–water partition coefficient (Wildman–Crippen LogP) is -1.47. The van der Waals surface area contributed by atoms with Gasteiger partial charge in [0.2, 0.25) is 0 Å². The molecule has 0 aliphatic carbocycles. The van der Waals surface area contributed by atoms with Gasteiger partial charge in [0.05, 0.1) is 0 Å². The van der Waals surface area contributed by atoms with Gasteiger partial charge >= 0.3 is 0 Å². The Morgan fingerprint density at radius 1 is 1.00 bits per heavy atom. The number of rotatable bonds is 0. The lowest BCUT2D eigenvalue weighted by Gasteiger charge is -2.21. The molecule has 1 fully saturated rings. The summed E-state index contributed by atoms with van der Waals surface area (Å²) in [6, 6.07) is 0. The summed E-state index contributed by atoms with van der Waals surface area (Å²) >= 11 is 0. The minimum Gasteiger partial charge on any atom is -0.292 e. The van der Waals surface area contributed by atoms with Crippen LogP contribution in [0.1, 0.15) is 0 Å². The molecule has 0 aromatic rings. The maximum atomic E-state index is 3.21. The molecule has 0 radical (unpaired) electrons. The smallest absolute Gasteiger partial charge is 0.0499 e.